The Labute approximate surface area is 173 Å². The van der Waals surface area contributed by atoms with Gasteiger partial charge in [-0.15, -0.1) is 0 Å². The van der Waals surface area contributed by atoms with Crippen molar-refractivity contribution in [1.29, 1.82) is 0 Å². The van der Waals surface area contributed by atoms with Crippen molar-refractivity contribution in [3.8, 4) is 10.4 Å². The average molecular weight is 411 g/mol. The maximum atomic E-state index is 13.1. The summed E-state index contributed by atoms with van der Waals surface area (Å²) in [4.78, 5) is 23.5. The molecule has 2 aromatic heterocycles. The molecular formula is C22H23FN4OS. The highest BCUT2D eigenvalue weighted by molar-refractivity contribution is 7.18. The summed E-state index contributed by atoms with van der Waals surface area (Å²) in [5, 5.41) is 3.96. The number of nitrogens with zero attached hydrogens (tertiary/aromatic N) is 3. The molecule has 0 radical (unpaired) electrons. The number of anilines is 2. The van der Waals surface area contributed by atoms with E-state index in [1.165, 1.54) is 23.5 Å². The molecule has 1 aliphatic heterocycles. The minimum absolute atomic E-state index is 0.175. The van der Waals surface area contributed by atoms with Gasteiger partial charge < -0.3 is 10.2 Å². The molecule has 3 heterocycles. The number of halogens is 1. The van der Waals surface area contributed by atoms with Gasteiger partial charge in [-0.25, -0.2) is 14.4 Å². The molecule has 0 bridgehead atoms. The van der Waals surface area contributed by atoms with Gasteiger partial charge in [0.25, 0.3) is 0 Å². The minimum atomic E-state index is -0.247. The molecule has 1 N–H and O–H groups in total. The van der Waals surface area contributed by atoms with Gasteiger partial charge in [0.1, 0.15) is 11.6 Å². The largest absolute Gasteiger partial charge is 0.340 e. The van der Waals surface area contributed by atoms with Crippen LogP contribution in [0.1, 0.15) is 31.7 Å². The zero-order valence-corrected chi connectivity index (χ0v) is 17.1. The molecule has 0 unspecified atom stereocenters. The van der Waals surface area contributed by atoms with E-state index in [-0.39, 0.29) is 11.7 Å². The highest BCUT2D eigenvalue weighted by atomic mass is 32.1. The molecule has 0 spiro atoms. The summed E-state index contributed by atoms with van der Waals surface area (Å²) in [6.45, 7) is 2.54. The lowest BCUT2D eigenvalue weighted by Gasteiger charge is -2.23. The van der Waals surface area contributed by atoms with Crippen molar-refractivity contribution in [2.45, 2.75) is 38.6 Å². The number of nitrogens with one attached hydrogen (secondary N) is 1. The van der Waals surface area contributed by atoms with Gasteiger partial charge in [0.15, 0.2) is 5.13 Å². The lowest BCUT2D eigenvalue weighted by atomic mass is 10.0. The van der Waals surface area contributed by atoms with Crippen LogP contribution in [0.2, 0.25) is 0 Å². The Morgan fingerprint density at radius 2 is 2.03 bits per heavy atom. The van der Waals surface area contributed by atoms with Crippen molar-refractivity contribution in [1.82, 2.24) is 14.9 Å². The van der Waals surface area contributed by atoms with Gasteiger partial charge in [0.05, 0.1) is 4.88 Å². The highest BCUT2D eigenvalue weighted by Gasteiger charge is 2.25. The fourth-order valence-electron chi connectivity index (χ4n) is 3.72. The van der Waals surface area contributed by atoms with Crippen molar-refractivity contribution in [2.24, 2.45) is 0 Å². The molecule has 5 nitrogen and oxygen atoms in total. The second-order valence-electron chi connectivity index (χ2n) is 7.26. The second-order valence-corrected chi connectivity index (χ2v) is 8.29. The Balaban J connectivity index is 1.34. The van der Waals surface area contributed by atoms with Crippen LogP contribution in [0.5, 0.6) is 0 Å². The van der Waals surface area contributed by atoms with E-state index in [9.17, 15) is 9.18 Å². The molecule has 29 heavy (non-hydrogen) atoms. The van der Waals surface area contributed by atoms with Gasteiger partial charge >= 0.3 is 0 Å². The third-order valence-corrected chi connectivity index (χ3v) is 6.20. The topological polar surface area (TPSA) is 58.1 Å². The number of amides is 1. The Kier molecular flexibility index (Phi) is 5.85. The summed E-state index contributed by atoms with van der Waals surface area (Å²) < 4.78 is 13.1. The van der Waals surface area contributed by atoms with Gasteiger partial charge in [-0.1, -0.05) is 29.5 Å². The molecule has 0 aliphatic carbocycles. The van der Waals surface area contributed by atoms with Crippen molar-refractivity contribution in [3.05, 3.63) is 60.2 Å². The summed E-state index contributed by atoms with van der Waals surface area (Å²) in [5.41, 5.74) is 2.10. The Bertz CT molecular complexity index is 971. The van der Waals surface area contributed by atoms with E-state index in [1.807, 2.05) is 17.2 Å². The number of aromatic nitrogens is 2. The zero-order valence-electron chi connectivity index (χ0n) is 16.3. The molecule has 3 aromatic rings. The number of rotatable bonds is 6. The van der Waals surface area contributed by atoms with Crippen LogP contribution in [-0.2, 0) is 11.2 Å². The van der Waals surface area contributed by atoms with Gasteiger partial charge in [-0.3, -0.25) is 4.79 Å². The van der Waals surface area contributed by atoms with Gasteiger partial charge in [0.2, 0.25) is 5.91 Å². The average Bonchev–Trinajstić information content (AvgIpc) is 3.38. The quantitative estimate of drug-likeness (QED) is 0.619. The van der Waals surface area contributed by atoms with Crippen LogP contribution in [0.15, 0.2) is 48.8 Å². The van der Waals surface area contributed by atoms with Crippen LogP contribution in [0.25, 0.3) is 10.4 Å². The Hall–Kier alpha value is -2.80. The molecule has 1 fully saturated rings. The zero-order chi connectivity index (χ0) is 20.2. The summed E-state index contributed by atoms with van der Waals surface area (Å²) in [6.07, 6.45) is 7.72. The van der Waals surface area contributed by atoms with Crippen molar-refractivity contribution < 1.29 is 9.18 Å². The number of benzene rings is 1. The first-order valence-electron chi connectivity index (χ1n) is 9.79. The number of likely N-dealkylation sites (tertiary alicyclic amines) is 1. The molecular weight excluding hydrogens is 387 g/mol. The van der Waals surface area contributed by atoms with E-state index >= 15 is 0 Å². The number of hydrogen-bond acceptors (Lipinski definition) is 5. The maximum Gasteiger partial charge on any atom is 0.219 e. The molecule has 150 valence electrons. The predicted octanol–water partition coefficient (Wildman–Crippen LogP) is 5.03. The molecule has 4 rings (SSSR count). The minimum Gasteiger partial charge on any atom is -0.340 e. The summed E-state index contributed by atoms with van der Waals surface area (Å²) in [7, 11) is 0. The van der Waals surface area contributed by atoms with E-state index in [1.54, 1.807) is 25.3 Å². The molecule has 1 aliphatic rings. The SMILES string of the molecule is CC(=O)N1CCC[C@H]1CCc1ccc(Nc2ncc(-c3ccc(F)cc3)s2)nc1. The van der Waals surface area contributed by atoms with Crippen molar-refractivity contribution in [2.75, 3.05) is 11.9 Å². The molecule has 1 saturated heterocycles. The first-order valence-corrected chi connectivity index (χ1v) is 10.6. The standard InChI is InChI=1S/C22H23FN4OS/c1-15(28)27-12-2-3-19(27)10-4-16-5-11-21(24-13-16)26-22-25-14-20(29-22)17-6-8-18(23)9-7-17/h5-9,11,13-14,19H,2-4,10,12H2,1H3,(H,24,25,26)/t19-/m0/s1. The van der Waals surface area contributed by atoms with E-state index < -0.39 is 0 Å². The third-order valence-electron chi connectivity index (χ3n) is 5.24. The molecule has 0 saturated carbocycles. The number of carbonyl (C=O) groups excluding carboxylic acids is 1. The Morgan fingerprint density at radius 3 is 2.76 bits per heavy atom. The predicted molar refractivity (Wildman–Crippen MR) is 114 cm³/mol. The van der Waals surface area contributed by atoms with E-state index in [0.717, 1.165) is 59.2 Å². The lowest BCUT2D eigenvalue weighted by Crippen LogP contribution is -2.33. The summed E-state index contributed by atoms with van der Waals surface area (Å²) >= 11 is 1.50. The van der Waals surface area contributed by atoms with Crippen LogP contribution >= 0.6 is 11.3 Å². The number of aryl methyl sites for hydroxylation is 1. The number of carbonyl (C=O) groups is 1. The summed E-state index contributed by atoms with van der Waals surface area (Å²) in [5.74, 6) is 0.663. The van der Waals surface area contributed by atoms with Gasteiger partial charge in [0, 0.05) is 31.9 Å². The molecule has 1 amide bonds. The van der Waals surface area contributed by atoms with E-state index in [0.29, 0.717) is 6.04 Å². The summed E-state index contributed by atoms with van der Waals surface area (Å²) in [6, 6.07) is 10.8. The van der Waals surface area contributed by atoms with Crippen molar-refractivity contribution in [3.63, 3.8) is 0 Å². The first kappa shape index (κ1) is 19.5. The first-order chi connectivity index (χ1) is 14.1. The van der Waals surface area contributed by atoms with E-state index in [2.05, 4.69) is 21.4 Å². The smallest absolute Gasteiger partial charge is 0.219 e. The fraction of sp³-hybridized carbons (Fsp3) is 0.318. The fourth-order valence-corrected chi connectivity index (χ4v) is 4.55. The number of thiazole rings is 1. The van der Waals surface area contributed by atoms with Crippen LogP contribution in [0.3, 0.4) is 0 Å². The van der Waals surface area contributed by atoms with Crippen LogP contribution in [0, 0.1) is 5.82 Å². The van der Waals surface area contributed by atoms with Crippen LogP contribution in [0.4, 0.5) is 15.3 Å². The van der Waals surface area contributed by atoms with Crippen LogP contribution < -0.4 is 5.32 Å². The van der Waals surface area contributed by atoms with Gasteiger partial charge in [-0.05, 0) is 55.0 Å². The monoisotopic (exact) mass is 410 g/mol. The van der Waals surface area contributed by atoms with Crippen LogP contribution in [-0.4, -0.2) is 33.4 Å². The third kappa shape index (κ3) is 4.79. The van der Waals surface area contributed by atoms with E-state index in [4.69, 9.17) is 0 Å². The van der Waals surface area contributed by atoms with Gasteiger partial charge in [-0.2, -0.15) is 0 Å². The highest BCUT2D eigenvalue weighted by Crippen LogP contribution is 2.30. The Morgan fingerprint density at radius 1 is 1.21 bits per heavy atom. The number of hydrogen-bond donors (Lipinski definition) is 1. The maximum absolute atomic E-state index is 13.1. The second kappa shape index (κ2) is 8.69. The van der Waals surface area contributed by atoms with Crippen molar-refractivity contribution >= 4 is 28.2 Å². The normalized spacial score (nSPS) is 16.2. The molecule has 7 heteroatoms. The lowest BCUT2D eigenvalue weighted by molar-refractivity contribution is -0.129. The number of pyridine rings is 1. The molecule has 1 aromatic carbocycles. The molecule has 1 atom stereocenters.